The number of carbonyl (C=O) groups excluding carboxylic acids is 1. The highest BCUT2D eigenvalue weighted by Gasteiger charge is 2.16. The van der Waals surface area contributed by atoms with Crippen LogP contribution in [0.3, 0.4) is 0 Å². The summed E-state index contributed by atoms with van der Waals surface area (Å²) in [5.74, 6) is -2.28. The van der Waals surface area contributed by atoms with Crippen LogP contribution in [-0.2, 0) is 0 Å². The largest absolute Gasteiger partial charge is 0.398 e. The monoisotopic (exact) mass is 346 g/mol. The number of carbonyl (C=O) groups is 1. The van der Waals surface area contributed by atoms with Gasteiger partial charge >= 0.3 is 0 Å². The van der Waals surface area contributed by atoms with E-state index in [1.165, 1.54) is 17.4 Å². The highest BCUT2D eigenvalue weighted by molar-refractivity contribution is 9.10. The molecule has 1 aromatic carbocycles. The second-order valence-corrected chi connectivity index (χ2v) is 5.99. The van der Waals surface area contributed by atoms with Gasteiger partial charge in [-0.05, 0) is 25.1 Å². The predicted molar refractivity (Wildman–Crippen MR) is 75.5 cm³/mol. The summed E-state index contributed by atoms with van der Waals surface area (Å²) < 4.78 is 27.4. The van der Waals surface area contributed by atoms with Crippen molar-refractivity contribution in [3.63, 3.8) is 0 Å². The Hall–Kier alpha value is -1.47. The van der Waals surface area contributed by atoms with E-state index in [1.54, 1.807) is 6.92 Å². The van der Waals surface area contributed by atoms with Crippen molar-refractivity contribution in [1.82, 2.24) is 0 Å². The first-order valence-corrected chi connectivity index (χ1v) is 6.81. The molecule has 0 radical (unpaired) electrons. The van der Waals surface area contributed by atoms with Gasteiger partial charge < -0.3 is 11.1 Å². The van der Waals surface area contributed by atoms with Gasteiger partial charge in [-0.1, -0.05) is 15.9 Å². The maximum atomic E-state index is 13.6. The van der Waals surface area contributed by atoms with E-state index in [0.717, 1.165) is 17.0 Å². The summed E-state index contributed by atoms with van der Waals surface area (Å²) in [5.41, 5.74) is 5.63. The molecule has 3 N–H and O–H groups in total. The average molecular weight is 347 g/mol. The molecule has 0 saturated heterocycles. The van der Waals surface area contributed by atoms with E-state index in [9.17, 15) is 13.6 Å². The maximum Gasteiger partial charge on any atom is 0.265 e. The zero-order valence-corrected chi connectivity index (χ0v) is 12.2. The first-order valence-electron chi connectivity index (χ1n) is 5.20. The molecule has 19 heavy (non-hydrogen) atoms. The number of hydrogen-bond acceptors (Lipinski definition) is 3. The molecule has 0 aliphatic carbocycles. The van der Waals surface area contributed by atoms with Crippen LogP contribution in [-0.4, -0.2) is 5.91 Å². The third-order valence-electron chi connectivity index (χ3n) is 2.43. The number of nitrogens with two attached hydrogens (primary N) is 1. The molecule has 1 aromatic heterocycles. The molecule has 2 rings (SSSR count). The fourth-order valence-corrected chi connectivity index (χ4v) is 2.68. The van der Waals surface area contributed by atoms with Crippen LogP contribution in [0.1, 0.15) is 14.5 Å². The molecule has 2 aromatic rings. The molecule has 7 heteroatoms. The topological polar surface area (TPSA) is 55.1 Å². The second-order valence-electron chi connectivity index (χ2n) is 3.82. The smallest absolute Gasteiger partial charge is 0.265 e. The van der Waals surface area contributed by atoms with Crippen LogP contribution in [0.2, 0.25) is 0 Å². The molecule has 0 aliphatic heterocycles. The van der Waals surface area contributed by atoms with Crippen LogP contribution < -0.4 is 11.1 Å². The minimum atomic E-state index is -0.846. The third-order valence-corrected chi connectivity index (χ3v) is 3.95. The fourth-order valence-electron chi connectivity index (χ4n) is 1.44. The van der Waals surface area contributed by atoms with Crippen molar-refractivity contribution in [2.45, 2.75) is 6.92 Å². The molecule has 0 bridgehead atoms. The quantitative estimate of drug-likeness (QED) is 0.865. The highest BCUT2D eigenvalue weighted by atomic mass is 79.9. The number of anilines is 2. The van der Waals surface area contributed by atoms with Gasteiger partial charge in [0.2, 0.25) is 0 Å². The van der Waals surface area contributed by atoms with Crippen LogP contribution in [0.15, 0.2) is 22.7 Å². The van der Waals surface area contributed by atoms with Crippen molar-refractivity contribution >= 4 is 44.5 Å². The van der Waals surface area contributed by atoms with Crippen LogP contribution in [0.25, 0.3) is 0 Å². The highest BCUT2D eigenvalue weighted by Crippen LogP contribution is 2.27. The fraction of sp³-hybridized carbons (Fsp3) is 0.0833. The Morgan fingerprint density at radius 3 is 2.37 bits per heavy atom. The Balaban J connectivity index is 2.29. The number of nitrogens with one attached hydrogen (secondary N) is 1. The number of hydrogen-bond donors (Lipinski definition) is 2. The van der Waals surface area contributed by atoms with Crippen LogP contribution in [0.4, 0.5) is 20.2 Å². The summed E-state index contributed by atoms with van der Waals surface area (Å²) in [6.07, 6.45) is 0. The molecule has 1 amide bonds. The minimum Gasteiger partial charge on any atom is -0.398 e. The number of thiophene rings is 1. The molecule has 0 fully saturated rings. The molecule has 0 unspecified atom stereocenters. The normalized spacial score (nSPS) is 10.5. The van der Waals surface area contributed by atoms with E-state index in [4.69, 9.17) is 5.73 Å². The lowest BCUT2D eigenvalue weighted by molar-refractivity contribution is 0.102. The van der Waals surface area contributed by atoms with Crippen molar-refractivity contribution in [3.05, 3.63) is 44.1 Å². The Morgan fingerprint density at radius 2 is 1.89 bits per heavy atom. The minimum absolute atomic E-state index is 0.261. The number of halogens is 3. The van der Waals surface area contributed by atoms with Gasteiger partial charge in [-0.25, -0.2) is 8.78 Å². The van der Waals surface area contributed by atoms with E-state index in [2.05, 4.69) is 21.2 Å². The summed E-state index contributed by atoms with van der Waals surface area (Å²) in [7, 11) is 0. The van der Waals surface area contributed by atoms with Crippen molar-refractivity contribution in [2.24, 2.45) is 0 Å². The summed E-state index contributed by atoms with van der Waals surface area (Å²) in [4.78, 5) is 12.9. The SMILES string of the molecule is Cc1sc(C(=O)Nc2c(F)cc(Br)cc2F)cc1N. The van der Waals surface area contributed by atoms with Gasteiger partial charge in [0.25, 0.3) is 5.91 Å². The lowest BCUT2D eigenvalue weighted by Gasteiger charge is -2.06. The molecule has 0 saturated carbocycles. The van der Waals surface area contributed by atoms with Gasteiger partial charge in [-0.15, -0.1) is 11.3 Å². The van der Waals surface area contributed by atoms with Crippen LogP contribution in [0.5, 0.6) is 0 Å². The summed E-state index contributed by atoms with van der Waals surface area (Å²) in [6.45, 7) is 1.76. The average Bonchev–Trinajstić information content (AvgIpc) is 2.64. The first kappa shape index (κ1) is 14.0. The third kappa shape index (κ3) is 2.93. The maximum absolute atomic E-state index is 13.6. The Bertz CT molecular complexity index is 615. The number of rotatable bonds is 2. The molecule has 0 atom stereocenters. The van der Waals surface area contributed by atoms with Gasteiger partial charge in [-0.2, -0.15) is 0 Å². The van der Waals surface area contributed by atoms with E-state index in [0.29, 0.717) is 10.6 Å². The molecular formula is C12H9BrF2N2OS. The molecule has 1 heterocycles. The van der Waals surface area contributed by atoms with E-state index < -0.39 is 23.2 Å². The number of nitrogen functional groups attached to an aromatic ring is 1. The number of benzene rings is 1. The molecule has 100 valence electrons. The van der Waals surface area contributed by atoms with Crippen LogP contribution in [0, 0.1) is 18.6 Å². The van der Waals surface area contributed by atoms with Gasteiger partial charge in [0.1, 0.15) is 5.69 Å². The first-order chi connectivity index (χ1) is 8.88. The Kier molecular flexibility index (Phi) is 3.86. The molecule has 0 aliphatic rings. The van der Waals surface area contributed by atoms with Crippen molar-refractivity contribution in [1.29, 1.82) is 0 Å². The van der Waals surface area contributed by atoms with Crippen LogP contribution >= 0.6 is 27.3 Å². The summed E-state index contributed by atoms with van der Waals surface area (Å²) in [6, 6.07) is 3.63. The molecular weight excluding hydrogens is 338 g/mol. The Labute approximate surface area is 120 Å². The van der Waals surface area contributed by atoms with Crippen molar-refractivity contribution in [2.75, 3.05) is 11.1 Å². The zero-order chi connectivity index (χ0) is 14.2. The molecule has 3 nitrogen and oxygen atoms in total. The standard InChI is InChI=1S/C12H9BrF2N2OS/c1-5-9(16)4-10(19-5)12(18)17-11-7(14)2-6(13)3-8(11)15/h2-4H,16H2,1H3,(H,17,18). The lowest BCUT2D eigenvalue weighted by Crippen LogP contribution is -2.13. The van der Waals surface area contributed by atoms with Gasteiger partial charge in [-0.3, -0.25) is 4.79 Å². The Morgan fingerprint density at radius 1 is 1.32 bits per heavy atom. The second kappa shape index (κ2) is 5.26. The predicted octanol–water partition coefficient (Wildman–Crippen LogP) is 3.93. The molecule has 0 spiro atoms. The van der Waals surface area contributed by atoms with Crippen molar-refractivity contribution in [3.8, 4) is 0 Å². The van der Waals surface area contributed by atoms with Gasteiger partial charge in [0, 0.05) is 15.0 Å². The van der Waals surface area contributed by atoms with E-state index in [-0.39, 0.29) is 4.47 Å². The van der Waals surface area contributed by atoms with Gasteiger partial charge in [0.05, 0.1) is 4.88 Å². The van der Waals surface area contributed by atoms with E-state index in [1.807, 2.05) is 0 Å². The number of amides is 1. The zero-order valence-electron chi connectivity index (χ0n) is 9.76. The van der Waals surface area contributed by atoms with Gasteiger partial charge in [0.15, 0.2) is 11.6 Å². The summed E-state index contributed by atoms with van der Waals surface area (Å²) in [5, 5.41) is 2.21. The van der Waals surface area contributed by atoms with E-state index >= 15 is 0 Å². The van der Waals surface area contributed by atoms with Crippen molar-refractivity contribution < 1.29 is 13.6 Å². The number of aryl methyl sites for hydroxylation is 1. The lowest BCUT2D eigenvalue weighted by atomic mass is 10.2. The summed E-state index contributed by atoms with van der Waals surface area (Å²) >= 11 is 4.13.